The third-order valence-corrected chi connectivity index (χ3v) is 3.69. The topological polar surface area (TPSA) is 33.2 Å². The highest BCUT2D eigenvalue weighted by Crippen LogP contribution is 2.23. The van der Waals surface area contributed by atoms with Crippen LogP contribution in [0.2, 0.25) is 0 Å². The van der Waals surface area contributed by atoms with Crippen LogP contribution in [0.25, 0.3) is 11.1 Å². The minimum atomic E-state index is 0.0272. The highest BCUT2D eigenvalue weighted by Gasteiger charge is 2.13. The molecule has 1 aromatic carbocycles. The van der Waals surface area contributed by atoms with Gasteiger partial charge in [0.1, 0.15) is 0 Å². The Balaban J connectivity index is 2.35. The van der Waals surface area contributed by atoms with Gasteiger partial charge in [-0.3, -0.25) is 9.78 Å². The largest absolute Gasteiger partial charge is 0.339 e. The summed E-state index contributed by atoms with van der Waals surface area (Å²) in [6.07, 6.45) is 3.41. The Morgan fingerprint density at radius 1 is 1.15 bits per heavy atom. The number of carbonyl (C=O) groups excluding carboxylic acids is 1. The normalized spacial score (nSPS) is 10.3. The highest BCUT2D eigenvalue weighted by molar-refractivity contribution is 9.10. The van der Waals surface area contributed by atoms with Gasteiger partial charge in [-0.25, -0.2) is 0 Å². The number of hydrogen-bond acceptors (Lipinski definition) is 2. The lowest BCUT2D eigenvalue weighted by Gasteiger charge is -2.18. The van der Waals surface area contributed by atoms with E-state index < -0.39 is 0 Å². The SMILES string of the molecule is CCN(CC)C(=O)c1cncc(-c2cccc(Br)c2)c1. The maximum atomic E-state index is 12.3. The lowest BCUT2D eigenvalue weighted by atomic mass is 10.1. The van der Waals surface area contributed by atoms with Gasteiger partial charge in [0.25, 0.3) is 5.91 Å². The Hall–Kier alpha value is -1.68. The fourth-order valence-corrected chi connectivity index (χ4v) is 2.48. The van der Waals surface area contributed by atoms with Crippen LogP contribution in [-0.2, 0) is 0 Å². The fraction of sp³-hybridized carbons (Fsp3) is 0.250. The first-order chi connectivity index (χ1) is 9.65. The van der Waals surface area contributed by atoms with E-state index in [1.54, 1.807) is 17.3 Å². The number of rotatable bonds is 4. The first kappa shape index (κ1) is 14.7. The Morgan fingerprint density at radius 3 is 2.55 bits per heavy atom. The summed E-state index contributed by atoms with van der Waals surface area (Å²) in [7, 11) is 0. The molecule has 0 saturated carbocycles. The summed E-state index contributed by atoms with van der Waals surface area (Å²) in [5.41, 5.74) is 2.62. The van der Waals surface area contributed by atoms with E-state index in [4.69, 9.17) is 0 Å². The van der Waals surface area contributed by atoms with Crippen molar-refractivity contribution in [3.63, 3.8) is 0 Å². The summed E-state index contributed by atoms with van der Waals surface area (Å²) in [6, 6.07) is 9.87. The molecule has 0 unspecified atom stereocenters. The van der Waals surface area contributed by atoms with E-state index in [1.165, 1.54) is 0 Å². The number of hydrogen-bond donors (Lipinski definition) is 0. The Bertz CT molecular complexity index is 609. The Kier molecular flexibility index (Phi) is 4.90. The number of carbonyl (C=O) groups is 1. The second-order valence-electron chi connectivity index (χ2n) is 4.45. The minimum absolute atomic E-state index is 0.0272. The summed E-state index contributed by atoms with van der Waals surface area (Å²) in [5, 5.41) is 0. The van der Waals surface area contributed by atoms with E-state index in [0.29, 0.717) is 18.7 Å². The molecule has 0 aliphatic carbocycles. The van der Waals surface area contributed by atoms with Crippen molar-refractivity contribution in [1.29, 1.82) is 0 Å². The average Bonchev–Trinajstić information content (AvgIpc) is 2.48. The van der Waals surface area contributed by atoms with Crippen LogP contribution in [0.3, 0.4) is 0 Å². The fourth-order valence-electron chi connectivity index (χ4n) is 2.08. The lowest BCUT2D eigenvalue weighted by Crippen LogP contribution is -2.30. The van der Waals surface area contributed by atoms with E-state index >= 15 is 0 Å². The van der Waals surface area contributed by atoms with E-state index in [9.17, 15) is 4.79 Å². The molecule has 20 heavy (non-hydrogen) atoms. The van der Waals surface area contributed by atoms with Gasteiger partial charge in [-0.2, -0.15) is 0 Å². The summed E-state index contributed by atoms with van der Waals surface area (Å²) < 4.78 is 1.01. The van der Waals surface area contributed by atoms with Crippen molar-refractivity contribution < 1.29 is 4.79 Å². The van der Waals surface area contributed by atoms with Gasteiger partial charge in [-0.15, -0.1) is 0 Å². The zero-order valence-corrected chi connectivity index (χ0v) is 13.2. The van der Waals surface area contributed by atoms with Crippen molar-refractivity contribution in [3.05, 3.63) is 52.8 Å². The first-order valence-corrected chi connectivity index (χ1v) is 7.45. The van der Waals surface area contributed by atoms with Gasteiger partial charge in [0.05, 0.1) is 5.56 Å². The van der Waals surface area contributed by atoms with Crippen LogP contribution in [-0.4, -0.2) is 28.9 Å². The Morgan fingerprint density at radius 2 is 1.90 bits per heavy atom. The summed E-state index contributed by atoms with van der Waals surface area (Å²) in [4.78, 5) is 18.3. The molecular formula is C16H17BrN2O. The van der Waals surface area contributed by atoms with Gasteiger partial charge in [0.15, 0.2) is 0 Å². The van der Waals surface area contributed by atoms with Crippen molar-refractivity contribution in [2.45, 2.75) is 13.8 Å². The summed E-state index contributed by atoms with van der Waals surface area (Å²) >= 11 is 3.46. The summed E-state index contributed by atoms with van der Waals surface area (Å²) in [6.45, 7) is 5.37. The molecule has 2 rings (SSSR count). The van der Waals surface area contributed by atoms with Crippen molar-refractivity contribution in [3.8, 4) is 11.1 Å². The molecule has 0 bridgehead atoms. The molecule has 0 N–H and O–H groups in total. The number of aromatic nitrogens is 1. The molecule has 0 fully saturated rings. The van der Waals surface area contributed by atoms with E-state index in [1.807, 2.05) is 44.2 Å². The predicted octanol–water partition coefficient (Wildman–Crippen LogP) is 3.99. The number of halogens is 1. The standard InChI is InChI=1S/C16H17BrN2O/c1-3-19(4-2)16(20)14-8-13(10-18-11-14)12-6-5-7-15(17)9-12/h5-11H,3-4H2,1-2H3. The van der Waals surface area contributed by atoms with Gasteiger partial charge in [0.2, 0.25) is 0 Å². The van der Waals surface area contributed by atoms with Crippen LogP contribution in [0.1, 0.15) is 24.2 Å². The number of nitrogens with zero attached hydrogens (tertiary/aromatic N) is 2. The smallest absolute Gasteiger partial charge is 0.255 e. The van der Waals surface area contributed by atoms with Crippen molar-refractivity contribution in [2.75, 3.05) is 13.1 Å². The molecule has 3 nitrogen and oxygen atoms in total. The first-order valence-electron chi connectivity index (χ1n) is 6.66. The number of amides is 1. The zero-order chi connectivity index (χ0) is 14.5. The zero-order valence-electron chi connectivity index (χ0n) is 11.6. The van der Waals surface area contributed by atoms with Gasteiger partial charge >= 0.3 is 0 Å². The predicted molar refractivity (Wildman–Crippen MR) is 84.6 cm³/mol. The van der Waals surface area contributed by atoms with Crippen LogP contribution in [0.15, 0.2) is 47.2 Å². The van der Waals surface area contributed by atoms with Crippen molar-refractivity contribution >= 4 is 21.8 Å². The van der Waals surface area contributed by atoms with Crippen molar-refractivity contribution in [2.24, 2.45) is 0 Å². The van der Waals surface area contributed by atoms with Crippen LogP contribution in [0.4, 0.5) is 0 Å². The molecule has 1 amide bonds. The minimum Gasteiger partial charge on any atom is -0.339 e. The molecule has 0 radical (unpaired) electrons. The number of pyridine rings is 1. The maximum Gasteiger partial charge on any atom is 0.255 e. The third-order valence-electron chi connectivity index (χ3n) is 3.19. The van der Waals surface area contributed by atoms with Crippen LogP contribution in [0, 0.1) is 0 Å². The van der Waals surface area contributed by atoms with E-state index in [-0.39, 0.29) is 5.91 Å². The molecular weight excluding hydrogens is 316 g/mol. The lowest BCUT2D eigenvalue weighted by molar-refractivity contribution is 0.0772. The quantitative estimate of drug-likeness (QED) is 0.847. The second-order valence-corrected chi connectivity index (χ2v) is 5.37. The van der Waals surface area contributed by atoms with Crippen molar-refractivity contribution in [1.82, 2.24) is 9.88 Å². The molecule has 1 aromatic heterocycles. The molecule has 104 valence electrons. The van der Waals surface area contributed by atoms with E-state index in [2.05, 4.69) is 20.9 Å². The molecule has 0 aliphatic rings. The number of benzene rings is 1. The average molecular weight is 333 g/mol. The Labute approximate surface area is 127 Å². The second kappa shape index (κ2) is 6.66. The van der Waals surface area contributed by atoms with Crippen LogP contribution < -0.4 is 0 Å². The third kappa shape index (κ3) is 3.25. The molecule has 2 aromatic rings. The van der Waals surface area contributed by atoms with Crippen LogP contribution >= 0.6 is 15.9 Å². The monoisotopic (exact) mass is 332 g/mol. The molecule has 1 heterocycles. The maximum absolute atomic E-state index is 12.3. The molecule has 4 heteroatoms. The molecule has 0 atom stereocenters. The van der Waals surface area contributed by atoms with Gasteiger partial charge in [-0.1, -0.05) is 28.1 Å². The molecule has 0 saturated heterocycles. The van der Waals surface area contributed by atoms with Gasteiger partial charge in [-0.05, 0) is 37.6 Å². The van der Waals surface area contributed by atoms with Crippen LogP contribution in [0.5, 0.6) is 0 Å². The van der Waals surface area contributed by atoms with Gasteiger partial charge < -0.3 is 4.90 Å². The highest BCUT2D eigenvalue weighted by atomic mass is 79.9. The molecule has 0 aliphatic heterocycles. The molecule has 0 spiro atoms. The summed E-state index contributed by atoms with van der Waals surface area (Å²) in [5.74, 6) is 0.0272. The van der Waals surface area contributed by atoms with E-state index in [0.717, 1.165) is 15.6 Å². The van der Waals surface area contributed by atoms with Gasteiger partial charge in [0, 0.05) is 35.5 Å².